The monoisotopic (exact) mass is 411 g/mol. The molecule has 0 saturated heterocycles. The van der Waals surface area contributed by atoms with E-state index in [2.05, 4.69) is 21.2 Å². The molecule has 2 rings (SSSR count). The number of hydrogen-bond donors (Lipinski definition) is 3. The summed E-state index contributed by atoms with van der Waals surface area (Å²) in [6, 6.07) is 12.1. The van der Waals surface area contributed by atoms with Gasteiger partial charge in [0, 0.05) is 4.47 Å². The van der Waals surface area contributed by atoms with Gasteiger partial charge in [-0.2, -0.15) is 0 Å². The van der Waals surface area contributed by atoms with Crippen molar-refractivity contribution in [3.8, 4) is 0 Å². The summed E-state index contributed by atoms with van der Waals surface area (Å²) in [6.07, 6.45) is 0. The number of hydrogen-bond acceptors (Lipinski definition) is 4. The second-order valence-corrected chi connectivity index (χ2v) is 7.41. The van der Waals surface area contributed by atoms with E-state index in [1.54, 1.807) is 43.3 Å². The number of para-hydroxylation sites is 1. The molecule has 0 saturated carbocycles. The van der Waals surface area contributed by atoms with E-state index in [1.165, 1.54) is 12.1 Å². The molecule has 24 heavy (non-hydrogen) atoms. The number of amides is 3. The van der Waals surface area contributed by atoms with Gasteiger partial charge < -0.3 is 5.32 Å². The van der Waals surface area contributed by atoms with Gasteiger partial charge >= 0.3 is 11.3 Å². The lowest BCUT2D eigenvalue weighted by Gasteiger charge is -2.11. The first kappa shape index (κ1) is 18.0. The van der Waals surface area contributed by atoms with Crippen molar-refractivity contribution in [1.29, 1.82) is 0 Å². The van der Waals surface area contributed by atoms with Crippen LogP contribution in [0.2, 0.25) is 0 Å². The van der Waals surface area contributed by atoms with Gasteiger partial charge in [0.25, 0.3) is 9.84 Å². The molecule has 0 aromatic heterocycles. The Balaban J connectivity index is 2.01. The van der Waals surface area contributed by atoms with Gasteiger partial charge in [0.15, 0.2) is 0 Å². The van der Waals surface area contributed by atoms with Gasteiger partial charge in [-0.15, -0.1) is 0 Å². The molecule has 0 aliphatic rings. The van der Waals surface area contributed by atoms with Crippen LogP contribution in [0.5, 0.6) is 0 Å². The van der Waals surface area contributed by atoms with Crippen molar-refractivity contribution in [2.75, 3.05) is 5.32 Å². The summed E-state index contributed by atoms with van der Waals surface area (Å²) in [5.41, 5.74) is 4.79. The first-order valence-corrected chi connectivity index (χ1v) is 9.02. The largest absolute Gasteiger partial charge is 0.359 e. The van der Waals surface area contributed by atoms with Crippen LogP contribution in [0.1, 0.15) is 5.56 Å². The first-order chi connectivity index (χ1) is 11.3. The first-order valence-electron chi connectivity index (χ1n) is 6.74. The number of hydrazine groups is 1. The van der Waals surface area contributed by atoms with Crippen molar-refractivity contribution in [2.24, 2.45) is 0 Å². The molecule has 2 aromatic carbocycles. The molecule has 3 N–H and O–H groups in total. The van der Waals surface area contributed by atoms with E-state index in [0.717, 1.165) is 0 Å². The number of anilines is 1. The topological polar surface area (TPSA) is 104 Å². The zero-order valence-corrected chi connectivity index (χ0v) is 14.9. The molecule has 2 aromatic rings. The van der Waals surface area contributed by atoms with Gasteiger partial charge in [0.05, 0.1) is 10.6 Å². The van der Waals surface area contributed by atoms with E-state index in [0.29, 0.717) is 15.7 Å². The standard InChI is InChI=1S/C15H14BrN3O4S/c1-10-6-2-5-9-13(10)24(22,23)15(21)19-18-14(20)17-12-8-4-3-7-11(12)16/h2-9H,1H3,(H,19,21)(H2,17,18,20). The zero-order valence-electron chi connectivity index (χ0n) is 12.5. The molecule has 0 bridgehead atoms. The summed E-state index contributed by atoms with van der Waals surface area (Å²) in [7, 11) is -4.25. The zero-order chi connectivity index (χ0) is 17.7. The molecular formula is C15H14BrN3O4S. The van der Waals surface area contributed by atoms with Crippen LogP contribution in [0.25, 0.3) is 0 Å². The molecule has 0 aliphatic heterocycles. The number of benzene rings is 2. The van der Waals surface area contributed by atoms with Crippen molar-refractivity contribution in [2.45, 2.75) is 11.8 Å². The number of nitrogens with one attached hydrogen (secondary N) is 3. The Bertz CT molecular complexity index is 884. The maximum atomic E-state index is 12.2. The van der Waals surface area contributed by atoms with Crippen LogP contribution in [0.3, 0.4) is 0 Å². The highest BCUT2D eigenvalue weighted by atomic mass is 79.9. The minimum Gasteiger partial charge on any atom is -0.305 e. The number of halogens is 1. The fraction of sp³-hybridized carbons (Fsp3) is 0.0667. The van der Waals surface area contributed by atoms with Crippen LogP contribution in [0.15, 0.2) is 57.9 Å². The maximum absolute atomic E-state index is 12.2. The highest BCUT2D eigenvalue weighted by molar-refractivity contribution is 9.10. The molecule has 0 spiro atoms. The summed E-state index contributed by atoms with van der Waals surface area (Å²) >= 11 is 3.25. The Morgan fingerprint density at radius 2 is 1.58 bits per heavy atom. The lowest BCUT2D eigenvalue weighted by Crippen LogP contribution is -2.46. The van der Waals surface area contributed by atoms with Crippen LogP contribution < -0.4 is 16.2 Å². The van der Waals surface area contributed by atoms with E-state index in [1.807, 2.05) is 10.9 Å². The predicted molar refractivity (Wildman–Crippen MR) is 93.2 cm³/mol. The third-order valence-electron chi connectivity index (χ3n) is 3.03. The maximum Gasteiger partial charge on any atom is 0.359 e. The molecule has 0 atom stereocenters. The molecule has 0 unspecified atom stereocenters. The van der Waals surface area contributed by atoms with Gasteiger partial charge in [-0.05, 0) is 46.6 Å². The number of urea groups is 1. The van der Waals surface area contributed by atoms with E-state index < -0.39 is 21.1 Å². The van der Waals surface area contributed by atoms with Crippen LogP contribution in [-0.4, -0.2) is 19.7 Å². The van der Waals surface area contributed by atoms with Crippen molar-refractivity contribution in [3.63, 3.8) is 0 Å². The van der Waals surface area contributed by atoms with Crippen molar-refractivity contribution in [3.05, 3.63) is 58.6 Å². The summed E-state index contributed by atoms with van der Waals surface area (Å²) in [6.45, 7) is 1.58. The number of aryl methyl sites for hydroxylation is 1. The Hall–Kier alpha value is -2.39. The van der Waals surface area contributed by atoms with Crippen LogP contribution in [0.4, 0.5) is 15.3 Å². The minimum atomic E-state index is -4.25. The molecule has 126 valence electrons. The Labute approximate surface area is 147 Å². The summed E-state index contributed by atoms with van der Waals surface area (Å²) in [5, 5.41) is 1.14. The summed E-state index contributed by atoms with van der Waals surface area (Å²) in [5.74, 6) is 0. The number of rotatable bonds is 2. The summed E-state index contributed by atoms with van der Waals surface area (Å²) in [4.78, 5) is 23.5. The van der Waals surface area contributed by atoms with Gasteiger partial charge in [0.1, 0.15) is 0 Å². The number of carbonyl (C=O) groups is 2. The third kappa shape index (κ3) is 4.12. The molecule has 0 radical (unpaired) electrons. The average molecular weight is 412 g/mol. The lowest BCUT2D eigenvalue weighted by atomic mass is 10.2. The van der Waals surface area contributed by atoms with Crippen molar-refractivity contribution in [1.82, 2.24) is 10.9 Å². The van der Waals surface area contributed by atoms with Crippen LogP contribution in [0, 0.1) is 6.92 Å². The minimum absolute atomic E-state index is 0.115. The molecular weight excluding hydrogens is 398 g/mol. The smallest absolute Gasteiger partial charge is 0.305 e. The molecule has 9 heteroatoms. The highest BCUT2D eigenvalue weighted by Gasteiger charge is 2.26. The quantitative estimate of drug-likeness (QED) is 0.660. The van der Waals surface area contributed by atoms with E-state index in [4.69, 9.17) is 0 Å². The molecule has 0 aliphatic carbocycles. The van der Waals surface area contributed by atoms with Gasteiger partial charge in [-0.3, -0.25) is 10.2 Å². The molecule has 3 amide bonds. The SMILES string of the molecule is Cc1ccccc1S(=O)(=O)C(=O)NNC(=O)Nc1ccccc1Br. The van der Waals surface area contributed by atoms with Gasteiger partial charge in [-0.1, -0.05) is 30.3 Å². The fourth-order valence-corrected chi connectivity index (χ4v) is 3.37. The fourth-order valence-electron chi connectivity index (χ4n) is 1.85. The predicted octanol–water partition coefficient (Wildman–Crippen LogP) is 2.98. The molecule has 7 nitrogen and oxygen atoms in total. The Morgan fingerprint density at radius 3 is 2.25 bits per heavy atom. The summed E-state index contributed by atoms with van der Waals surface area (Å²) < 4.78 is 25.0. The highest BCUT2D eigenvalue weighted by Crippen LogP contribution is 2.20. The average Bonchev–Trinajstić information content (AvgIpc) is 2.55. The van der Waals surface area contributed by atoms with Crippen molar-refractivity contribution < 1.29 is 18.0 Å². The molecule has 0 heterocycles. The number of sulfone groups is 1. The second kappa shape index (κ2) is 7.45. The van der Waals surface area contributed by atoms with E-state index in [9.17, 15) is 18.0 Å². The van der Waals surface area contributed by atoms with Gasteiger partial charge in [0.2, 0.25) is 0 Å². The third-order valence-corrected chi connectivity index (χ3v) is 5.35. The van der Waals surface area contributed by atoms with E-state index >= 15 is 0 Å². The number of carbonyl (C=O) groups excluding carboxylic acids is 2. The second-order valence-electron chi connectivity index (χ2n) is 4.74. The molecule has 0 fully saturated rings. The van der Waals surface area contributed by atoms with Gasteiger partial charge in [-0.25, -0.2) is 18.6 Å². The lowest BCUT2D eigenvalue weighted by molar-refractivity contribution is 0.240. The van der Waals surface area contributed by atoms with Crippen LogP contribution in [-0.2, 0) is 9.84 Å². The Kier molecular flexibility index (Phi) is 5.58. The van der Waals surface area contributed by atoms with E-state index in [-0.39, 0.29) is 4.90 Å². The van der Waals surface area contributed by atoms with Crippen LogP contribution >= 0.6 is 15.9 Å². The normalized spacial score (nSPS) is 10.8. The van der Waals surface area contributed by atoms with Crippen molar-refractivity contribution >= 4 is 42.7 Å². The Morgan fingerprint density at radius 1 is 0.958 bits per heavy atom.